The Hall–Kier alpha value is -3.35. The maximum atomic E-state index is 13.2. The molecule has 2 atom stereocenters. The van der Waals surface area contributed by atoms with Crippen molar-refractivity contribution in [2.24, 2.45) is 11.3 Å². The fourth-order valence-electron chi connectivity index (χ4n) is 4.78. The van der Waals surface area contributed by atoms with Crippen molar-refractivity contribution in [1.29, 1.82) is 0 Å². The predicted molar refractivity (Wildman–Crippen MR) is 128 cm³/mol. The van der Waals surface area contributed by atoms with Gasteiger partial charge in [0.25, 0.3) is 0 Å². The van der Waals surface area contributed by atoms with E-state index in [2.05, 4.69) is 22.8 Å². The molecule has 4 rings (SSSR count). The van der Waals surface area contributed by atoms with Crippen LogP contribution in [0.25, 0.3) is 11.1 Å². The second-order valence-electron chi connectivity index (χ2n) is 10.5. The molecule has 34 heavy (non-hydrogen) atoms. The van der Waals surface area contributed by atoms with Crippen molar-refractivity contribution in [1.82, 2.24) is 10.6 Å². The smallest absolute Gasteiger partial charge is 0.408 e. The van der Waals surface area contributed by atoms with E-state index in [4.69, 9.17) is 4.74 Å². The molecule has 2 aromatic rings. The number of fused-ring (bicyclic) bond motifs is 3. The highest BCUT2D eigenvalue weighted by Gasteiger charge is 2.50. The van der Waals surface area contributed by atoms with Crippen LogP contribution < -0.4 is 10.6 Å². The molecule has 2 aliphatic rings. The lowest BCUT2D eigenvalue weighted by Crippen LogP contribution is -2.62. The number of carbonyl (C=O) groups is 3. The second-order valence-corrected chi connectivity index (χ2v) is 10.5. The van der Waals surface area contributed by atoms with Gasteiger partial charge in [0.15, 0.2) is 0 Å². The summed E-state index contributed by atoms with van der Waals surface area (Å²) in [4.78, 5) is 37.8. The zero-order valence-corrected chi connectivity index (χ0v) is 20.1. The van der Waals surface area contributed by atoms with Crippen LogP contribution in [0.3, 0.4) is 0 Å². The standard InChI is InChI=1S/C27H32N2O5/c1-26(2,3)22(23(30)31)28-24(32)27(4,16-13-14-16)29-25(33)34-15-21-19-11-7-5-9-17(19)18-10-6-8-12-20(18)21/h5-12,16,21-22H,13-15H2,1-4H3,(H,28,32)(H,29,33)(H,30,31)/t22-,27?/m1/s1. The molecule has 1 fully saturated rings. The Morgan fingerprint density at radius 3 is 1.97 bits per heavy atom. The number of ether oxygens (including phenoxy) is 1. The fraction of sp³-hybridized carbons (Fsp3) is 0.444. The number of amides is 2. The Balaban J connectivity index is 1.46. The Bertz CT molecular complexity index is 1070. The highest BCUT2D eigenvalue weighted by Crippen LogP contribution is 2.44. The Morgan fingerprint density at radius 1 is 0.971 bits per heavy atom. The number of rotatable bonds is 7. The van der Waals surface area contributed by atoms with Gasteiger partial charge in [0, 0.05) is 5.92 Å². The van der Waals surface area contributed by atoms with Crippen LogP contribution in [0.2, 0.25) is 0 Å². The van der Waals surface area contributed by atoms with Gasteiger partial charge >= 0.3 is 12.1 Å². The second kappa shape index (κ2) is 8.78. The van der Waals surface area contributed by atoms with Gasteiger partial charge in [0.05, 0.1) is 0 Å². The van der Waals surface area contributed by atoms with Crippen molar-refractivity contribution in [3.63, 3.8) is 0 Å². The molecule has 3 N–H and O–H groups in total. The molecule has 0 bridgehead atoms. The zero-order valence-electron chi connectivity index (χ0n) is 20.1. The molecule has 0 saturated heterocycles. The summed E-state index contributed by atoms with van der Waals surface area (Å²) in [7, 11) is 0. The maximum absolute atomic E-state index is 13.2. The first-order chi connectivity index (χ1) is 16.0. The van der Waals surface area contributed by atoms with Gasteiger partial charge in [-0.15, -0.1) is 0 Å². The van der Waals surface area contributed by atoms with Crippen molar-refractivity contribution < 1.29 is 24.2 Å². The molecule has 0 aliphatic heterocycles. The summed E-state index contributed by atoms with van der Waals surface area (Å²) in [5, 5.41) is 15.0. The van der Waals surface area contributed by atoms with Crippen molar-refractivity contribution in [2.75, 3.05) is 6.61 Å². The quantitative estimate of drug-likeness (QED) is 0.566. The molecule has 0 aromatic heterocycles. The molecule has 0 spiro atoms. The largest absolute Gasteiger partial charge is 0.480 e. The summed E-state index contributed by atoms with van der Waals surface area (Å²) in [6, 6.07) is 15.1. The third-order valence-corrected chi connectivity index (χ3v) is 6.96. The third kappa shape index (κ3) is 4.52. The van der Waals surface area contributed by atoms with Crippen LogP contribution in [0.1, 0.15) is 57.6 Å². The molecule has 2 aromatic carbocycles. The van der Waals surface area contributed by atoms with Gasteiger partial charge in [-0.25, -0.2) is 9.59 Å². The highest BCUT2D eigenvalue weighted by molar-refractivity contribution is 5.93. The molecule has 7 heteroatoms. The van der Waals surface area contributed by atoms with Crippen LogP contribution in [-0.2, 0) is 14.3 Å². The number of nitrogens with one attached hydrogen (secondary N) is 2. The van der Waals surface area contributed by atoms with Crippen molar-refractivity contribution in [3.05, 3.63) is 59.7 Å². The van der Waals surface area contributed by atoms with Gasteiger partial charge in [-0.2, -0.15) is 0 Å². The van der Waals surface area contributed by atoms with Gasteiger partial charge in [-0.05, 0) is 53.4 Å². The SMILES string of the molecule is CC(NC(=O)OCC1c2ccccc2-c2ccccc21)(C(=O)N[C@H](C(=O)O)C(C)(C)C)C1CC1. The average Bonchev–Trinajstić information content (AvgIpc) is 3.59. The van der Waals surface area contributed by atoms with Gasteiger partial charge in [-0.3, -0.25) is 4.79 Å². The van der Waals surface area contributed by atoms with E-state index in [9.17, 15) is 19.5 Å². The van der Waals surface area contributed by atoms with Crippen molar-refractivity contribution in [3.8, 4) is 11.1 Å². The number of alkyl carbamates (subject to hydrolysis) is 1. The zero-order chi connectivity index (χ0) is 24.7. The summed E-state index contributed by atoms with van der Waals surface area (Å²) in [5.74, 6) is -1.77. The van der Waals surface area contributed by atoms with Crippen molar-refractivity contribution >= 4 is 18.0 Å². The first-order valence-corrected chi connectivity index (χ1v) is 11.7. The first-order valence-electron chi connectivity index (χ1n) is 11.7. The van der Waals surface area contributed by atoms with E-state index in [0.717, 1.165) is 35.1 Å². The molecule has 0 radical (unpaired) electrons. The molecule has 7 nitrogen and oxygen atoms in total. The maximum Gasteiger partial charge on any atom is 0.408 e. The van der Waals surface area contributed by atoms with E-state index < -0.39 is 35.0 Å². The minimum absolute atomic E-state index is 0.0672. The van der Waals surface area contributed by atoms with Crippen LogP contribution in [0.4, 0.5) is 4.79 Å². The van der Waals surface area contributed by atoms with E-state index >= 15 is 0 Å². The van der Waals surface area contributed by atoms with E-state index in [-0.39, 0.29) is 18.4 Å². The van der Waals surface area contributed by atoms with Crippen LogP contribution >= 0.6 is 0 Å². The van der Waals surface area contributed by atoms with E-state index in [0.29, 0.717) is 0 Å². The lowest BCUT2D eigenvalue weighted by Gasteiger charge is -2.34. The molecular formula is C27H32N2O5. The Kier molecular flexibility index (Phi) is 6.14. The summed E-state index contributed by atoms with van der Waals surface area (Å²) in [6.07, 6.45) is 0.871. The number of hydrogen-bond acceptors (Lipinski definition) is 4. The molecule has 1 unspecified atom stereocenters. The van der Waals surface area contributed by atoms with E-state index in [1.807, 2.05) is 36.4 Å². The third-order valence-electron chi connectivity index (χ3n) is 6.96. The lowest BCUT2D eigenvalue weighted by molar-refractivity contribution is -0.146. The van der Waals surface area contributed by atoms with Crippen LogP contribution in [0.5, 0.6) is 0 Å². The molecule has 0 heterocycles. The van der Waals surface area contributed by atoms with Crippen LogP contribution in [0, 0.1) is 11.3 Å². The summed E-state index contributed by atoms with van der Waals surface area (Å²) in [6.45, 7) is 7.03. The minimum atomic E-state index is -1.25. The minimum Gasteiger partial charge on any atom is -0.480 e. The van der Waals surface area contributed by atoms with Gasteiger partial charge in [0.2, 0.25) is 5.91 Å². The predicted octanol–water partition coefficient (Wildman–Crippen LogP) is 4.31. The van der Waals surface area contributed by atoms with Gasteiger partial charge in [-0.1, -0.05) is 69.3 Å². The lowest BCUT2D eigenvalue weighted by atomic mass is 9.85. The Morgan fingerprint density at radius 2 is 1.50 bits per heavy atom. The van der Waals surface area contributed by atoms with Crippen LogP contribution in [0.15, 0.2) is 48.5 Å². The topological polar surface area (TPSA) is 105 Å². The average molecular weight is 465 g/mol. The summed E-state index contributed by atoms with van der Waals surface area (Å²) in [5.41, 5.74) is 2.55. The fourth-order valence-corrected chi connectivity index (χ4v) is 4.78. The monoisotopic (exact) mass is 464 g/mol. The molecule has 2 aliphatic carbocycles. The van der Waals surface area contributed by atoms with Gasteiger partial charge in [0.1, 0.15) is 18.2 Å². The molecule has 180 valence electrons. The number of aliphatic carboxylic acids is 1. The molecular weight excluding hydrogens is 432 g/mol. The molecule has 1 saturated carbocycles. The number of carboxylic acid groups (broad SMARTS) is 1. The van der Waals surface area contributed by atoms with Gasteiger partial charge < -0.3 is 20.5 Å². The van der Waals surface area contributed by atoms with Crippen molar-refractivity contribution in [2.45, 2.75) is 58.0 Å². The number of benzene rings is 2. The highest BCUT2D eigenvalue weighted by atomic mass is 16.5. The number of carboxylic acids is 1. The molecule has 2 amide bonds. The summed E-state index contributed by atoms with van der Waals surface area (Å²) < 4.78 is 5.64. The van der Waals surface area contributed by atoms with E-state index in [1.54, 1.807) is 27.7 Å². The normalized spacial score (nSPS) is 17.6. The number of carbonyl (C=O) groups excluding carboxylic acids is 2. The van der Waals surface area contributed by atoms with E-state index in [1.165, 1.54) is 0 Å². The van der Waals surface area contributed by atoms with Crippen LogP contribution in [-0.4, -0.2) is 41.3 Å². The first kappa shape index (κ1) is 23.8. The number of hydrogen-bond donors (Lipinski definition) is 3. The Labute approximate surface area is 199 Å². The summed E-state index contributed by atoms with van der Waals surface area (Å²) >= 11 is 0.